The number of urea groups is 1. The van der Waals surface area contributed by atoms with E-state index in [2.05, 4.69) is 20.6 Å². The number of nitrogens with zero attached hydrogens (tertiary/aromatic N) is 2. The van der Waals surface area contributed by atoms with Crippen molar-refractivity contribution in [1.29, 1.82) is 0 Å². The zero-order valence-corrected chi connectivity index (χ0v) is 12.6. The average Bonchev–Trinajstić information content (AvgIpc) is 3.07. The maximum atomic E-state index is 11.9. The molecule has 124 valence electrons. The highest BCUT2D eigenvalue weighted by molar-refractivity contribution is 6.12. The minimum atomic E-state index is -1.24. The first-order chi connectivity index (χ1) is 11.5. The van der Waals surface area contributed by atoms with E-state index in [4.69, 9.17) is 5.11 Å². The summed E-state index contributed by atoms with van der Waals surface area (Å²) in [4.78, 5) is 42.2. The molecule has 1 aliphatic heterocycles. The number of aromatic nitrogens is 2. The van der Waals surface area contributed by atoms with Gasteiger partial charge in [0.1, 0.15) is 12.2 Å². The lowest BCUT2D eigenvalue weighted by molar-refractivity contribution is -0.140. The summed E-state index contributed by atoms with van der Waals surface area (Å²) in [6.07, 6.45) is 2.01. The predicted molar refractivity (Wildman–Crippen MR) is 85.2 cm³/mol. The second-order valence-corrected chi connectivity index (χ2v) is 5.15. The molecule has 3 amide bonds. The van der Waals surface area contributed by atoms with E-state index >= 15 is 0 Å². The van der Waals surface area contributed by atoms with Crippen LogP contribution in [0.5, 0.6) is 0 Å². The van der Waals surface area contributed by atoms with Crippen molar-refractivity contribution in [1.82, 2.24) is 20.2 Å². The Morgan fingerprint density at radius 3 is 2.88 bits per heavy atom. The van der Waals surface area contributed by atoms with Crippen LogP contribution in [0.2, 0.25) is 0 Å². The fourth-order valence-electron chi connectivity index (χ4n) is 2.33. The van der Waals surface area contributed by atoms with Crippen molar-refractivity contribution in [3.8, 4) is 0 Å². The van der Waals surface area contributed by atoms with E-state index in [1.54, 1.807) is 6.08 Å². The van der Waals surface area contributed by atoms with Crippen molar-refractivity contribution in [3.05, 3.63) is 36.0 Å². The van der Waals surface area contributed by atoms with Crippen LogP contribution in [0.3, 0.4) is 0 Å². The summed E-state index contributed by atoms with van der Waals surface area (Å²) in [5, 5.41) is 14.1. The molecule has 0 atom stereocenters. The number of H-pyrrole nitrogens is 1. The van der Waals surface area contributed by atoms with Crippen LogP contribution in [0.4, 0.5) is 10.7 Å². The summed E-state index contributed by atoms with van der Waals surface area (Å²) in [6, 6.07) is 6.89. The zero-order valence-electron chi connectivity index (χ0n) is 12.6. The van der Waals surface area contributed by atoms with Gasteiger partial charge in [-0.05, 0) is 18.6 Å². The van der Waals surface area contributed by atoms with Crippen molar-refractivity contribution < 1.29 is 19.5 Å². The molecule has 2 aromatic rings. The van der Waals surface area contributed by atoms with E-state index < -0.39 is 24.5 Å². The number of carboxylic acids is 1. The molecule has 0 bridgehead atoms. The van der Waals surface area contributed by atoms with Crippen molar-refractivity contribution >= 4 is 34.9 Å². The third kappa shape index (κ3) is 3.19. The Labute approximate surface area is 136 Å². The number of hydrogen-bond donors (Lipinski definition) is 4. The first kappa shape index (κ1) is 15.5. The molecular formula is C15H15N5O4. The molecule has 1 fully saturated rings. The van der Waals surface area contributed by atoms with E-state index in [0.29, 0.717) is 23.8 Å². The number of carbonyl (C=O) groups excluding carboxylic acids is 2. The molecule has 1 aromatic heterocycles. The number of anilines is 1. The monoisotopic (exact) mass is 329 g/mol. The molecule has 0 spiro atoms. The standard InChI is InChI=1S/C15H15N5O4/c21-12(22)8-20-13(23)11(19-15(20)24)6-3-7-16-14-17-9-4-1-2-5-10(9)18-14/h1-2,4-6H,3,7-8H2,(H,19,24)(H,21,22)(H2,16,17,18). The fraction of sp³-hybridized carbons (Fsp3) is 0.200. The number of imidazole rings is 1. The smallest absolute Gasteiger partial charge is 0.329 e. The van der Waals surface area contributed by atoms with Crippen LogP contribution in [0.15, 0.2) is 36.0 Å². The number of carbonyl (C=O) groups is 3. The molecule has 1 aromatic carbocycles. The van der Waals surface area contributed by atoms with Gasteiger partial charge in [-0.3, -0.25) is 9.59 Å². The molecule has 1 saturated heterocycles. The molecule has 3 rings (SSSR count). The lowest BCUT2D eigenvalue weighted by atomic mass is 10.3. The highest BCUT2D eigenvalue weighted by Crippen LogP contribution is 2.13. The van der Waals surface area contributed by atoms with Crippen LogP contribution in [0.25, 0.3) is 11.0 Å². The number of aromatic amines is 1. The van der Waals surface area contributed by atoms with E-state index in [-0.39, 0.29) is 5.70 Å². The summed E-state index contributed by atoms with van der Waals surface area (Å²) in [6.45, 7) is -0.162. The molecule has 0 saturated carbocycles. The maximum absolute atomic E-state index is 11.9. The molecule has 24 heavy (non-hydrogen) atoms. The second-order valence-electron chi connectivity index (χ2n) is 5.15. The Bertz CT molecular complexity index is 808. The molecule has 0 unspecified atom stereocenters. The van der Waals surface area contributed by atoms with Gasteiger partial charge >= 0.3 is 12.0 Å². The van der Waals surface area contributed by atoms with Gasteiger partial charge in [0.05, 0.1) is 11.0 Å². The number of benzene rings is 1. The van der Waals surface area contributed by atoms with E-state index in [1.807, 2.05) is 24.3 Å². The van der Waals surface area contributed by atoms with Gasteiger partial charge in [0.25, 0.3) is 5.91 Å². The lowest BCUT2D eigenvalue weighted by Crippen LogP contribution is -2.35. The van der Waals surface area contributed by atoms with Gasteiger partial charge in [-0.15, -0.1) is 0 Å². The number of fused-ring (bicyclic) bond motifs is 1. The van der Waals surface area contributed by atoms with E-state index in [9.17, 15) is 14.4 Å². The lowest BCUT2D eigenvalue weighted by Gasteiger charge is -2.06. The minimum absolute atomic E-state index is 0.0904. The molecule has 2 heterocycles. The van der Waals surface area contributed by atoms with Crippen LogP contribution in [0, 0.1) is 0 Å². The number of carboxylic acid groups (broad SMARTS) is 1. The summed E-state index contributed by atoms with van der Waals surface area (Å²) >= 11 is 0. The number of nitrogens with one attached hydrogen (secondary N) is 3. The van der Waals surface area contributed by atoms with Gasteiger partial charge in [-0.2, -0.15) is 0 Å². The molecule has 9 heteroatoms. The van der Waals surface area contributed by atoms with Crippen molar-refractivity contribution in [2.75, 3.05) is 18.4 Å². The number of para-hydroxylation sites is 2. The largest absolute Gasteiger partial charge is 0.480 e. The van der Waals surface area contributed by atoms with Crippen LogP contribution in [-0.2, 0) is 9.59 Å². The van der Waals surface area contributed by atoms with Crippen LogP contribution < -0.4 is 10.6 Å². The third-order valence-electron chi connectivity index (χ3n) is 3.43. The van der Waals surface area contributed by atoms with E-state index in [0.717, 1.165) is 11.0 Å². The van der Waals surface area contributed by atoms with Gasteiger partial charge in [0.2, 0.25) is 5.95 Å². The van der Waals surface area contributed by atoms with Gasteiger partial charge in [-0.1, -0.05) is 18.2 Å². The predicted octanol–water partition coefficient (Wildman–Crippen LogP) is 0.885. The Morgan fingerprint density at radius 1 is 1.33 bits per heavy atom. The normalized spacial score (nSPS) is 16.0. The summed E-state index contributed by atoms with van der Waals surface area (Å²) < 4.78 is 0. The highest BCUT2D eigenvalue weighted by atomic mass is 16.4. The topological polar surface area (TPSA) is 127 Å². The summed E-state index contributed by atoms with van der Waals surface area (Å²) in [5.74, 6) is -1.26. The maximum Gasteiger partial charge on any atom is 0.329 e. The Hall–Kier alpha value is -3.36. The molecule has 0 aliphatic carbocycles. The number of imide groups is 1. The Balaban J connectivity index is 1.55. The zero-order chi connectivity index (χ0) is 17.1. The van der Waals surface area contributed by atoms with Gasteiger partial charge in [0, 0.05) is 6.54 Å². The van der Waals surface area contributed by atoms with E-state index in [1.165, 1.54) is 0 Å². The number of aliphatic carboxylic acids is 1. The fourth-order valence-corrected chi connectivity index (χ4v) is 2.33. The Morgan fingerprint density at radius 2 is 2.12 bits per heavy atom. The summed E-state index contributed by atoms with van der Waals surface area (Å²) in [7, 11) is 0. The minimum Gasteiger partial charge on any atom is -0.480 e. The highest BCUT2D eigenvalue weighted by Gasteiger charge is 2.34. The third-order valence-corrected chi connectivity index (χ3v) is 3.43. The molecule has 4 N–H and O–H groups in total. The number of rotatable bonds is 6. The summed E-state index contributed by atoms with van der Waals surface area (Å²) in [5.41, 5.74) is 1.86. The van der Waals surface area contributed by atoms with Crippen LogP contribution >= 0.6 is 0 Å². The molecule has 0 radical (unpaired) electrons. The van der Waals surface area contributed by atoms with Gasteiger partial charge in [-0.25, -0.2) is 14.7 Å². The van der Waals surface area contributed by atoms with Gasteiger partial charge < -0.3 is 20.7 Å². The van der Waals surface area contributed by atoms with Gasteiger partial charge in [0.15, 0.2) is 0 Å². The van der Waals surface area contributed by atoms with Crippen molar-refractivity contribution in [3.63, 3.8) is 0 Å². The number of hydrogen-bond acceptors (Lipinski definition) is 5. The molecule has 9 nitrogen and oxygen atoms in total. The molecule has 1 aliphatic rings. The SMILES string of the molecule is O=C(O)CN1C(=O)NC(=CCCNc2nc3ccccc3[nH]2)C1=O. The van der Waals surface area contributed by atoms with Crippen LogP contribution in [-0.4, -0.2) is 51.0 Å². The number of amides is 3. The van der Waals surface area contributed by atoms with Crippen molar-refractivity contribution in [2.45, 2.75) is 6.42 Å². The first-order valence-corrected chi connectivity index (χ1v) is 7.28. The average molecular weight is 329 g/mol. The molecular weight excluding hydrogens is 314 g/mol. The first-order valence-electron chi connectivity index (χ1n) is 7.28. The van der Waals surface area contributed by atoms with Crippen molar-refractivity contribution in [2.24, 2.45) is 0 Å². The second kappa shape index (κ2) is 6.41. The Kier molecular flexibility index (Phi) is 4.15. The van der Waals surface area contributed by atoms with Crippen LogP contribution in [0.1, 0.15) is 6.42 Å². The quantitative estimate of drug-likeness (QED) is 0.354.